The van der Waals surface area contributed by atoms with Gasteiger partial charge in [-0.25, -0.2) is 4.79 Å². The average Bonchev–Trinajstić information content (AvgIpc) is 2.01. The molecule has 1 aliphatic heterocycles. The van der Waals surface area contributed by atoms with E-state index in [2.05, 4.69) is 6.92 Å². The maximum atomic E-state index is 11.2. The molecule has 0 radical (unpaired) electrons. The second-order valence-corrected chi connectivity index (χ2v) is 3.67. The molecule has 0 saturated carbocycles. The molecular formula is C9H18N2O2. The van der Waals surface area contributed by atoms with Gasteiger partial charge in [-0.2, -0.15) is 0 Å². The first-order valence-electron chi connectivity index (χ1n) is 4.82. The maximum Gasteiger partial charge on any atom is 0.409 e. The van der Waals surface area contributed by atoms with Gasteiger partial charge in [-0.1, -0.05) is 13.3 Å². The smallest absolute Gasteiger partial charge is 0.409 e. The Bertz CT molecular complexity index is 188. The Morgan fingerprint density at radius 2 is 2.15 bits per heavy atom. The van der Waals surface area contributed by atoms with Gasteiger partial charge in [-0.15, -0.1) is 0 Å². The van der Waals surface area contributed by atoms with E-state index in [-0.39, 0.29) is 11.6 Å². The number of carbonyl (C=O) groups excluding carboxylic acids is 1. The van der Waals surface area contributed by atoms with E-state index in [4.69, 9.17) is 10.5 Å². The Kier molecular flexibility index (Phi) is 3.14. The lowest BCUT2D eigenvalue weighted by Gasteiger charge is -2.46. The highest BCUT2D eigenvalue weighted by molar-refractivity contribution is 5.69. The summed E-state index contributed by atoms with van der Waals surface area (Å²) in [6.07, 6.45) is 1.80. The van der Waals surface area contributed by atoms with Crippen LogP contribution in [0.4, 0.5) is 4.79 Å². The number of nitrogens with zero attached hydrogens (tertiary/aromatic N) is 1. The third kappa shape index (κ3) is 2.34. The highest BCUT2D eigenvalue weighted by Crippen LogP contribution is 2.23. The topological polar surface area (TPSA) is 55.6 Å². The van der Waals surface area contributed by atoms with Gasteiger partial charge in [0.15, 0.2) is 0 Å². The van der Waals surface area contributed by atoms with Gasteiger partial charge in [0.2, 0.25) is 0 Å². The van der Waals surface area contributed by atoms with Gasteiger partial charge in [-0.05, 0) is 13.3 Å². The predicted molar refractivity (Wildman–Crippen MR) is 50.4 cm³/mol. The summed E-state index contributed by atoms with van der Waals surface area (Å²) in [7, 11) is 0. The summed E-state index contributed by atoms with van der Waals surface area (Å²) in [5, 5.41) is 0. The summed E-state index contributed by atoms with van der Waals surface area (Å²) in [6, 6.07) is 0. The number of rotatable bonds is 3. The fourth-order valence-corrected chi connectivity index (χ4v) is 1.71. The van der Waals surface area contributed by atoms with Crippen molar-refractivity contribution in [3.63, 3.8) is 0 Å². The lowest BCUT2D eigenvalue weighted by molar-refractivity contribution is 0.0392. The molecule has 76 valence electrons. The molecule has 4 nitrogen and oxygen atoms in total. The second kappa shape index (κ2) is 3.96. The Hall–Kier alpha value is -0.770. The summed E-state index contributed by atoms with van der Waals surface area (Å²) in [5.74, 6) is 0. The van der Waals surface area contributed by atoms with Gasteiger partial charge in [0, 0.05) is 13.1 Å². The molecule has 0 aliphatic carbocycles. The Labute approximate surface area is 79.0 Å². The average molecular weight is 186 g/mol. The first-order valence-corrected chi connectivity index (χ1v) is 4.82. The van der Waals surface area contributed by atoms with Crippen molar-refractivity contribution in [3.8, 4) is 0 Å². The first-order chi connectivity index (χ1) is 6.11. The van der Waals surface area contributed by atoms with Crippen molar-refractivity contribution < 1.29 is 9.53 Å². The molecule has 0 aromatic heterocycles. The summed E-state index contributed by atoms with van der Waals surface area (Å²) in [5.41, 5.74) is 5.84. The van der Waals surface area contributed by atoms with Gasteiger partial charge in [0.1, 0.15) is 0 Å². The van der Waals surface area contributed by atoms with Crippen molar-refractivity contribution in [2.24, 2.45) is 5.73 Å². The minimum atomic E-state index is -0.236. The SMILES string of the molecule is CCCC1(N)CN(C(=O)OCC)C1. The molecule has 0 unspecified atom stereocenters. The summed E-state index contributed by atoms with van der Waals surface area (Å²) in [4.78, 5) is 12.8. The number of amides is 1. The van der Waals surface area contributed by atoms with Crippen LogP contribution in [-0.2, 0) is 4.74 Å². The number of ether oxygens (including phenoxy) is 1. The van der Waals surface area contributed by atoms with Gasteiger partial charge in [0.05, 0.1) is 12.1 Å². The van der Waals surface area contributed by atoms with Crippen LogP contribution in [0.25, 0.3) is 0 Å². The predicted octanol–water partition coefficient (Wildman–Crippen LogP) is 0.956. The highest BCUT2D eigenvalue weighted by atomic mass is 16.6. The minimum absolute atomic E-state index is 0.151. The van der Waals surface area contributed by atoms with Crippen molar-refractivity contribution >= 4 is 6.09 Å². The normalized spacial score (nSPS) is 19.5. The first kappa shape index (κ1) is 10.3. The number of likely N-dealkylation sites (tertiary alicyclic amines) is 1. The zero-order chi connectivity index (χ0) is 9.90. The van der Waals surface area contributed by atoms with E-state index in [9.17, 15) is 4.79 Å². The van der Waals surface area contributed by atoms with Crippen LogP contribution in [0.5, 0.6) is 0 Å². The van der Waals surface area contributed by atoms with E-state index in [0.29, 0.717) is 19.7 Å². The van der Waals surface area contributed by atoms with Crippen LogP contribution >= 0.6 is 0 Å². The van der Waals surface area contributed by atoms with Crippen LogP contribution in [-0.4, -0.2) is 36.2 Å². The molecule has 1 rings (SSSR count). The molecule has 0 bridgehead atoms. The Balaban J connectivity index is 2.27. The minimum Gasteiger partial charge on any atom is -0.450 e. The van der Waals surface area contributed by atoms with Crippen molar-refractivity contribution in [1.29, 1.82) is 0 Å². The number of hydrogen-bond acceptors (Lipinski definition) is 3. The van der Waals surface area contributed by atoms with Crippen LogP contribution in [0.2, 0.25) is 0 Å². The van der Waals surface area contributed by atoms with Gasteiger partial charge < -0.3 is 15.4 Å². The zero-order valence-electron chi connectivity index (χ0n) is 8.38. The highest BCUT2D eigenvalue weighted by Gasteiger charge is 2.41. The Morgan fingerprint density at radius 3 is 2.62 bits per heavy atom. The fraction of sp³-hybridized carbons (Fsp3) is 0.889. The number of carbonyl (C=O) groups is 1. The molecule has 1 amide bonds. The molecule has 1 fully saturated rings. The molecule has 1 aliphatic rings. The fourth-order valence-electron chi connectivity index (χ4n) is 1.71. The lowest BCUT2D eigenvalue weighted by Crippen LogP contribution is -2.68. The maximum absolute atomic E-state index is 11.2. The molecule has 4 heteroatoms. The van der Waals surface area contributed by atoms with E-state index in [1.54, 1.807) is 11.8 Å². The van der Waals surface area contributed by atoms with Crippen molar-refractivity contribution in [1.82, 2.24) is 4.90 Å². The van der Waals surface area contributed by atoms with E-state index in [0.717, 1.165) is 12.8 Å². The van der Waals surface area contributed by atoms with E-state index in [1.165, 1.54) is 0 Å². The Morgan fingerprint density at radius 1 is 1.54 bits per heavy atom. The summed E-state index contributed by atoms with van der Waals surface area (Å²) >= 11 is 0. The molecule has 1 heterocycles. The third-order valence-corrected chi connectivity index (χ3v) is 2.29. The van der Waals surface area contributed by atoms with E-state index >= 15 is 0 Å². The molecule has 0 aromatic rings. The van der Waals surface area contributed by atoms with Crippen LogP contribution in [0.1, 0.15) is 26.7 Å². The quantitative estimate of drug-likeness (QED) is 0.714. The largest absolute Gasteiger partial charge is 0.450 e. The van der Waals surface area contributed by atoms with E-state index < -0.39 is 0 Å². The van der Waals surface area contributed by atoms with Crippen LogP contribution < -0.4 is 5.73 Å². The van der Waals surface area contributed by atoms with E-state index in [1.807, 2.05) is 0 Å². The summed E-state index contributed by atoms with van der Waals surface area (Å²) in [6.45, 7) is 5.61. The van der Waals surface area contributed by atoms with Crippen LogP contribution in [0.3, 0.4) is 0 Å². The molecule has 13 heavy (non-hydrogen) atoms. The third-order valence-electron chi connectivity index (χ3n) is 2.29. The molecule has 2 N–H and O–H groups in total. The van der Waals surface area contributed by atoms with Crippen LogP contribution in [0, 0.1) is 0 Å². The van der Waals surface area contributed by atoms with Gasteiger partial charge in [-0.3, -0.25) is 0 Å². The van der Waals surface area contributed by atoms with Gasteiger partial charge in [0.25, 0.3) is 0 Å². The molecule has 1 saturated heterocycles. The van der Waals surface area contributed by atoms with Crippen molar-refractivity contribution in [3.05, 3.63) is 0 Å². The molecule has 0 atom stereocenters. The van der Waals surface area contributed by atoms with Crippen LogP contribution in [0.15, 0.2) is 0 Å². The zero-order valence-corrected chi connectivity index (χ0v) is 8.38. The number of nitrogens with two attached hydrogens (primary N) is 1. The summed E-state index contributed by atoms with van der Waals surface area (Å²) < 4.78 is 4.85. The van der Waals surface area contributed by atoms with Crippen molar-refractivity contribution in [2.45, 2.75) is 32.2 Å². The molecular weight excluding hydrogens is 168 g/mol. The standard InChI is InChI=1S/C9H18N2O2/c1-3-5-9(10)6-11(7-9)8(12)13-4-2/h3-7,10H2,1-2H3. The second-order valence-electron chi connectivity index (χ2n) is 3.67. The molecule has 0 aromatic carbocycles. The monoisotopic (exact) mass is 186 g/mol. The number of hydrogen-bond donors (Lipinski definition) is 1. The van der Waals surface area contributed by atoms with Crippen molar-refractivity contribution in [2.75, 3.05) is 19.7 Å². The lowest BCUT2D eigenvalue weighted by atomic mass is 9.87. The van der Waals surface area contributed by atoms with Gasteiger partial charge >= 0.3 is 6.09 Å². The molecule has 0 spiro atoms.